The Labute approximate surface area is 96.0 Å². The van der Waals surface area contributed by atoms with Crippen LogP contribution in [0.3, 0.4) is 0 Å². The second-order valence-corrected chi connectivity index (χ2v) is 4.01. The Morgan fingerprint density at radius 3 is 2.81 bits per heavy atom. The maximum absolute atomic E-state index is 11.9. The zero-order valence-corrected chi connectivity index (χ0v) is 10.2. The quantitative estimate of drug-likeness (QED) is 0.785. The van der Waals surface area contributed by atoms with Crippen LogP contribution in [0.15, 0.2) is 6.07 Å². The molecule has 5 nitrogen and oxygen atoms in total. The van der Waals surface area contributed by atoms with Crippen LogP contribution in [0.25, 0.3) is 0 Å². The third kappa shape index (κ3) is 3.06. The molecule has 16 heavy (non-hydrogen) atoms. The molecule has 0 aliphatic carbocycles. The molecular formula is C11H20N4O. The van der Waals surface area contributed by atoms with Crippen LogP contribution in [-0.4, -0.2) is 22.2 Å². The Balaban J connectivity index is 2.66. The van der Waals surface area contributed by atoms with E-state index in [1.54, 1.807) is 11.7 Å². The Kier molecular flexibility index (Phi) is 4.49. The number of hydrogen-bond acceptors (Lipinski definition) is 3. The molecule has 1 heterocycles. The molecule has 1 rings (SSSR count). The summed E-state index contributed by atoms with van der Waals surface area (Å²) >= 11 is 0. The van der Waals surface area contributed by atoms with E-state index in [-0.39, 0.29) is 11.8 Å². The van der Waals surface area contributed by atoms with Gasteiger partial charge in [0.1, 0.15) is 5.82 Å². The number of nitrogens with zero attached hydrogens (tertiary/aromatic N) is 2. The molecule has 0 saturated heterocycles. The van der Waals surface area contributed by atoms with Crippen LogP contribution in [0.2, 0.25) is 0 Å². The molecule has 0 bridgehead atoms. The first kappa shape index (κ1) is 12.7. The number of nitrogens with two attached hydrogens (primary N) is 1. The first-order valence-corrected chi connectivity index (χ1v) is 5.60. The average molecular weight is 224 g/mol. The fourth-order valence-corrected chi connectivity index (χ4v) is 1.66. The maximum atomic E-state index is 11.9. The van der Waals surface area contributed by atoms with Gasteiger partial charge < -0.3 is 11.1 Å². The van der Waals surface area contributed by atoms with Crippen LogP contribution in [-0.2, 0) is 11.8 Å². The van der Waals surface area contributed by atoms with E-state index in [9.17, 15) is 4.79 Å². The second-order valence-electron chi connectivity index (χ2n) is 4.01. The summed E-state index contributed by atoms with van der Waals surface area (Å²) in [6.07, 6.45) is 1.78. The van der Waals surface area contributed by atoms with Crippen LogP contribution < -0.4 is 11.1 Å². The molecule has 5 heteroatoms. The molecule has 1 amide bonds. The van der Waals surface area contributed by atoms with Gasteiger partial charge in [0.05, 0.1) is 11.6 Å². The lowest BCUT2D eigenvalue weighted by atomic mass is 10.0. The summed E-state index contributed by atoms with van der Waals surface area (Å²) in [7, 11) is 1.81. The number of anilines is 1. The van der Waals surface area contributed by atoms with Gasteiger partial charge in [-0.2, -0.15) is 5.10 Å². The van der Waals surface area contributed by atoms with Gasteiger partial charge in [0, 0.05) is 19.7 Å². The fourth-order valence-electron chi connectivity index (χ4n) is 1.66. The third-order valence-electron chi connectivity index (χ3n) is 2.55. The summed E-state index contributed by atoms with van der Waals surface area (Å²) in [5.41, 5.74) is 6.46. The number of hydrogen-bond donors (Lipinski definition) is 2. The van der Waals surface area contributed by atoms with Crippen molar-refractivity contribution in [3.05, 3.63) is 11.8 Å². The standard InChI is InChI=1S/C11H20N4O/c1-4-5-9(7-12)11(16)13-10-6-8(2)14-15(10)3/h6,9H,4-5,7,12H2,1-3H3,(H,13,16). The van der Waals surface area contributed by atoms with Gasteiger partial charge in [-0.3, -0.25) is 9.48 Å². The van der Waals surface area contributed by atoms with E-state index in [0.29, 0.717) is 6.54 Å². The summed E-state index contributed by atoms with van der Waals surface area (Å²) in [6, 6.07) is 1.84. The van der Waals surface area contributed by atoms with Crippen molar-refractivity contribution in [3.63, 3.8) is 0 Å². The molecule has 0 aliphatic heterocycles. The molecular weight excluding hydrogens is 204 g/mol. The lowest BCUT2D eigenvalue weighted by Gasteiger charge is -2.13. The highest BCUT2D eigenvalue weighted by atomic mass is 16.2. The van der Waals surface area contributed by atoms with Gasteiger partial charge in [0.25, 0.3) is 0 Å². The molecule has 0 radical (unpaired) electrons. The largest absolute Gasteiger partial charge is 0.330 e. The summed E-state index contributed by atoms with van der Waals surface area (Å²) < 4.78 is 1.66. The van der Waals surface area contributed by atoms with E-state index >= 15 is 0 Å². The highest BCUT2D eigenvalue weighted by molar-refractivity contribution is 5.91. The van der Waals surface area contributed by atoms with Crippen LogP contribution >= 0.6 is 0 Å². The molecule has 90 valence electrons. The zero-order valence-electron chi connectivity index (χ0n) is 10.2. The number of rotatable bonds is 5. The van der Waals surface area contributed by atoms with Gasteiger partial charge in [-0.15, -0.1) is 0 Å². The van der Waals surface area contributed by atoms with Gasteiger partial charge in [0.15, 0.2) is 0 Å². The SMILES string of the molecule is CCCC(CN)C(=O)Nc1cc(C)nn1C. The molecule has 0 fully saturated rings. The van der Waals surface area contributed by atoms with Crippen LogP contribution in [0.4, 0.5) is 5.82 Å². The molecule has 3 N–H and O–H groups in total. The van der Waals surface area contributed by atoms with E-state index in [1.807, 2.05) is 19.9 Å². The monoisotopic (exact) mass is 224 g/mol. The highest BCUT2D eigenvalue weighted by Crippen LogP contribution is 2.12. The van der Waals surface area contributed by atoms with Gasteiger partial charge in [-0.25, -0.2) is 0 Å². The van der Waals surface area contributed by atoms with Gasteiger partial charge in [-0.1, -0.05) is 13.3 Å². The normalized spacial score (nSPS) is 12.5. The lowest BCUT2D eigenvalue weighted by Crippen LogP contribution is -2.29. The Morgan fingerprint density at radius 2 is 2.38 bits per heavy atom. The van der Waals surface area contributed by atoms with E-state index in [1.165, 1.54) is 0 Å². The molecule has 0 aliphatic rings. The maximum Gasteiger partial charge on any atom is 0.229 e. The van der Waals surface area contributed by atoms with Crippen LogP contribution in [0.5, 0.6) is 0 Å². The summed E-state index contributed by atoms with van der Waals surface area (Å²) in [6.45, 7) is 4.32. The summed E-state index contributed by atoms with van der Waals surface area (Å²) in [5, 5.41) is 7.01. The minimum absolute atomic E-state index is 0.0210. The Hall–Kier alpha value is -1.36. The fraction of sp³-hybridized carbons (Fsp3) is 0.636. The third-order valence-corrected chi connectivity index (χ3v) is 2.55. The molecule has 0 aromatic carbocycles. The Bertz CT molecular complexity index is 359. The van der Waals surface area contributed by atoms with Crippen molar-refractivity contribution in [1.82, 2.24) is 9.78 Å². The second kappa shape index (κ2) is 5.65. The molecule has 1 aromatic rings. The number of aryl methyl sites for hydroxylation is 2. The highest BCUT2D eigenvalue weighted by Gasteiger charge is 2.17. The predicted octanol–water partition coefficient (Wildman–Crippen LogP) is 1.04. The molecule has 0 spiro atoms. The van der Waals surface area contributed by atoms with E-state index < -0.39 is 0 Å². The number of carbonyl (C=O) groups excluding carboxylic acids is 1. The van der Waals surface area contributed by atoms with E-state index in [0.717, 1.165) is 24.4 Å². The number of aromatic nitrogens is 2. The number of nitrogens with one attached hydrogen (secondary N) is 1. The Morgan fingerprint density at radius 1 is 1.69 bits per heavy atom. The van der Waals surface area contributed by atoms with E-state index in [2.05, 4.69) is 10.4 Å². The summed E-state index contributed by atoms with van der Waals surface area (Å²) in [4.78, 5) is 11.9. The van der Waals surface area contributed by atoms with Gasteiger partial charge in [0.2, 0.25) is 5.91 Å². The molecule has 1 aromatic heterocycles. The number of amides is 1. The van der Waals surface area contributed by atoms with Crippen molar-refractivity contribution in [2.45, 2.75) is 26.7 Å². The average Bonchev–Trinajstić information content (AvgIpc) is 2.53. The van der Waals surface area contributed by atoms with E-state index in [4.69, 9.17) is 5.73 Å². The topological polar surface area (TPSA) is 72.9 Å². The van der Waals surface area contributed by atoms with Gasteiger partial charge in [-0.05, 0) is 13.3 Å². The first-order chi connectivity index (χ1) is 7.58. The minimum Gasteiger partial charge on any atom is -0.330 e. The molecule has 1 unspecified atom stereocenters. The van der Waals surface area contributed by atoms with Crippen molar-refractivity contribution in [2.24, 2.45) is 18.7 Å². The van der Waals surface area contributed by atoms with Gasteiger partial charge >= 0.3 is 0 Å². The lowest BCUT2D eigenvalue weighted by molar-refractivity contribution is -0.119. The minimum atomic E-state index is -0.111. The first-order valence-electron chi connectivity index (χ1n) is 5.60. The van der Waals surface area contributed by atoms with Crippen LogP contribution in [0.1, 0.15) is 25.5 Å². The molecule has 0 saturated carbocycles. The zero-order chi connectivity index (χ0) is 12.1. The number of carbonyl (C=O) groups is 1. The van der Waals surface area contributed by atoms with Crippen LogP contribution in [0, 0.1) is 12.8 Å². The summed E-state index contributed by atoms with van der Waals surface area (Å²) in [5.74, 6) is 0.588. The van der Waals surface area contributed by atoms with Crippen molar-refractivity contribution in [3.8, 4) is 0 Å². The predicted molar refractivity (Wildman–Crippen MR) is 64.0 cm³/mol. The smallest absolute Gasteiger partial charge is 0.229 e. The molecule has 1 atom stereocenters. The van der Waals surface area contributed by atoms with Crippen molar-refractivity contribution in [2.75, 3.05) is 11.9 Å². The van der Waals surface area contributed by atoms with Crippen molar-refractivity contribution < 1.29 is 4.79 Å². The van der Waals surface area contributed by atoms with Crippen molar-refractivity contribution in [1.29, 1.82) is 0 Å². The van der Waals surface area contributed by atoms with Crippen molar-refractivity contribution >= 4 is 11.7 Å².